The van der Waals surface area contributed by atoms with Gasteiger partial charge >= 0.3 is 5.97 Å². The van der Waals surface area contributed by atoms with Crippen LogP contribution < -0.4 is 5.73 Å². The summed E-state index contributed by atoms with van der Waals surface area (Å²) in [5.74, 6) is -0.869. The van der Waals surface area contributed by atoms with Crippen molar-refractivity contribution >= 4 is 35.0 Å². The van der Waals surface area contributed by atoms with Crippen molar-refractivity contribution < 1.29 is 14.7 Å². The van der Waals surface area contributed by atoms with Gasteiger partial charge in [0.1, 0.15) is 6.04 Å². The van der Waals surface area contributed by atoms with Crippen LogP contribution in [0.25, 0.3) is 0 Å². The van der Waals surface area contributed by atoms with Crippen LogP contribution in [0.3, 0.4) is 0 Å². The third-order valence-electron chi connectivity index (χ3n) is 2.98. The second-order valence-corrected chi connectivity index (χ2v) is 7.70. The molecule has 3 N–H and O–H groups in total. The monoisotopic (exact) mass is 316 g/mol. The van der Waals surface area contributed by atoms with Crippen molar-refractivity contribution in [3.05, 3.63) is 22.4 Å². The molecule has 0 radical (unpaired) electrons. The molecule has 0 unspecified atom stereocenters. The lowest BCUT2D eigenvalue weighted by atomic mass is 10.1. The number of carbonyl (C=O) groups is 2. The van der Waals surface area contributed by atoms with Crippen LogP contribution in [0.1, 0.15) is 18.7 Å². The number of amides is 1. The number of hydrogen-bond donors (Lipinski definition) is 2. The Hall–Kier alpha value is -1.05. The summed E-state index contributed by atoms with van der Waals surface area (Å²) in [4.78, 5) is 25.7. The molecular weight excluding hydrogens is 296 g/mol. The zero-order chi connectivity index (χ0) is 15.3. The zero-order valence-electron chi connectivity index (χ0n) is 11.8. The number of thioether (sulfide) groups is 1. The number of aliphatic carboxylic acids is 1. The number of thiophene rings is 1. The molecule has 1 rings (SSSR count). The van der Waals surface area contributed by atoms with Crippen LogP contribution >= 0.6 is 23.1 Å². The molecule has 0 aliphatic rings. The van der Waals surface area contributed by atoms with Gasteiger partial charge in [0.05, 0.1) is 12.3 Å². The predicted molar refractivity (Wildman–Crippen MR) is 82.9 cm³/mol. The summed E-state index contributed by atoms with van der Waals surface area (Å²) in [5, 5.41) is 10.9. The molecule has 112 valence electrons. The molecule has 0 saturated carbocycles. The largest absolute Gasteiger partial charge is 0.480 e. The molecule has 1 amide bonds. The van der Waals surface area contributed by atoms with Gasteiger partial charge in [0.25, 0.3) is 0 Å². The topological polar surface area (TPSA) is 83.6 Å². The molecule has 1 aromatic rings. The minimum Gasteiger partial charge on any atom is -0.480 e. The van der Waals surface area contributed by atoms with Crippen molar-refractivity contribution in [2.45, 2.75) is 31.2 Å². The fourth-order valence-corrected chi connectivity index (χ4v) is 3.22. The average Bonchev–Trinajstić information content (AvgIpc) is 2.87. The molecule has 1 atom stereocenters. The molecule has 20 heavy (non-hydrogen) atoms. The maximum Gasteiger partial charge on any atom is 0.321 e. The molecule has 0 spiro atoms. The number of carboxylic acids is 1. The van der Waals surface area contributed by atoms with Crippen molar-refractivity contribution in [3.8, 4) is 0 Å². The Balaban J connectivity index is 2.48. The van der Waals surface area contributed by atoms with Crippen LogP contribution in [0.4, 0.5) is 0 Å². The van der Waals surface area contributed by atoms with Gasteiger partial charge in [-0.1, -0.05) is 6.07 Å². The first-order valence-corrected chi connectivity index (χ1v) is 7.99. The zero-order valence-corrected chi connectivity index (χ0v) is 13.5. The Labute approximate surface area is 127 Å². The lowest BCUT2D eigenvalue weighted by Gasteiger charge is -2.28. The number of rotatable bonds is 7. The van der Waals surface area contributed by atoms with Crippen molar-refractivity contribution in [2.75, 3.05) is 12.8 Å². The van der Waals surface area contributed by atoms with E-state index in [-0.39, 0.29) is 11.7 Å². The molecule has 0 bridgehead atoms. The second kappa shape index (κ2) is 7.10. The second-order valence-electron chi connectivity index (χ2n) is 5.04. The van der Waals surface area contributed by atoms with E-state index < -0.39 is 16.8 Å². The Bertz CT molecular complexity index is 460. The first-order chi connectivity index (χ1) is 9.24. The highest BCUT2D eigenvalue weighted by Crippen LogP contribution is 2.27. The van der Waals surface area contributed by atoms with E-state index in [1.54, 1.807) is 37.1 Å². The fraction of sp³-hybridized carbons (Fsp3) is 0.538. The molecule has 0 aliphatic heterocycles. The van der Waals surface area contributed by atoms with E-state index in [1.165, 1.54) is 11.8 Å². The SMILES string of the molecule is CN(Cc1cccs1)C(=O)CSC(C)(C)[C@@H](N)C(=O)O. The molecule has 0 fully saturated rings. The number of carboxylic acid groups (broad SMARTS) is 1. The van der Waals surface area contributed by atoms with E-state index in [0.717, 1.165) is 4.88 Å². The van der Waals surface area contributed by atoms with Gasteiger partial charge in [0.15, 0.2) is 0 Å². The molecule has 1 heterocycles. The van der Waals surface area contributed by atoms with Gasteiger partial charge in [-0.3, -0.25) is 9.59 Å². The molecular formula is C13H20N2O3S2. The van der Waals surface area contributed by atoms with Crippen LogP contribution in [0.2, 0.25) is 0 Å². The average molecular weight is 316 g/mol. The minimum atomic E-state index is -1.05. The van der Waals surface area contributed by atoms with E-state index in [4.69, 9.17) is 10.8 Å². The lowest BCUT2D eigenvalue weighted by Crippen LogP contribution is -2.47. The van der Waals surface area contributed by atoms with E-state index in [0.29, 0.717) is 6.54 Å². The summed E-state index contributed by atoms with van der Waals surface area (Å²) < 4.78 is -0.689. The van der Waals surface area contributed by atoms with Crippen LogP contribution in [0, 0.1) is 0 Å². The molecule has 0 aromatic carbocycles. The van der Waals surface area contributed by atoms with Gasteiger partial charge in [-0.25, -0.2) is 0 Å². The summed E-state index contributed by atoms with van der Waals surface area (Å²) in [6.45, 7) is 4.05. The van der Waals surface area contributed by atoms with Crippen molar-refractivity contribution in [1.29, 1.82) is 0 Å². The summed E-state index contributed by atoms with van der Waals surface area (Å²) in [6.07, 6.45) is 0. The van der Waals surface area contributed by atoms with Gasteiger partial charge in [-0.2, -0.15) is 0 Å². The third kappa shape index (κ3) is 4.81. The summed E-state index contributed by atoms with van der Waals surface area (Å²) >= 11 is 2.87. The highest BCUT2D eigenvalue weighted by molar-refractivity contribution is 8.01. The van der Waals surface area contributed by atoms with E-state index >= 15 is 0 Å². The first kappa shape index (κ1) is 17.0. The maximum absolute atomic E-state index is 12.0. The quantitative estimate of drug-likeness (QED) is 0.799. The van der Waals surface area contributed by atoms with Crippen LogP contribution in [-0.2, 0) is 16.1 Å². The Kier molecular flexibility index (Phi) is 6.04. The van der Waals surface area contributed by atoms with Gasteiger partial charge in [0.2, 0.25) is 5.91 Å². The van der Waals surface area contributed by atoms with Gasteiger partial charge in [0, 0.05) is 16.7 Å². The number of nitrogens with zero attached hydrogens (tertiary/aromatic N) is 1. The molecule has 0 aliphatic carbocycles. The van der Waals surface area contributed by atoms with E-state index in [2.05, 4.69) is 0 Å². The summed E-state index contributed by atoms with van der Waals surface area (Å²) in [7, 11) is 1.74. The molecule has 0 saturated heterocycles. The molecule has 1 aromatic heterocycles. The predicted octanol–water partition coefficient (Wildman–Crippen LogP) is 1.63. The first-order valence-electron chi connectivity index (χ1n) is 6.12. The normalized spacial score (nSPS) is 13.0. The standard InChI is InChI=1S/C13H20N2O3S2/c1-13(2,11(14)12(17)18)20-8-10(16)15(3)7-9-5-4-6-19-9/h4-6,11H,7-8,14H2,1-3H3,(H,17,18)/t11-/m0/s1. The summed E-state index contributed by atoms with van der Waals surface area (Å²) in [6, 6.07) is 2.93. The fourth-order valence-electron chi connectivity index (χ4n) is 1.47. The number of hydrogen-bond acceptors (Lipinski definition) is 5. The molecule has 7 heteroatoms. The smallest absolute Gasteiger partial charge is 0.321 e. The van der Waals surface area contributed by atoms with Gasteiger partial charge in [-0.15, -0.1) is 23.1 Å². The lowest BCUT2D eigenvalue weighted by molar-refractivity contribution is -0.139. The third-order valence-corrected chi connectivity index (χ3v) is 5.23. The van der Waals surface area contributed by atoms with Crippen molar-refractivity contribution in [2.24, 2.45) is 5.73 Å². The van der Waals surface area contributed by atoms with Crippen LogP contribution in [0.5, 0.6) is 0 Å². The number of carbonyl (C=O) groups excluding carboxylic acids is 1. The minimum absolute atomic E-state index is 0.0333. The van der Waals surface area contributed by atoms with Gasteiger partial charge < -0.3 is 15.7 Å². The van der Waals surface area contributed by atoms with Gasteiger partial charge in [-0.05, 0) is 25.3 Å². The van der Waals surface area contributed by atoms with E-state index in [9.17, 15) is 9.59 Å². The van der Waals surface area contributed by atoms with E-state index in [1.807, 2.05) is 17.5 Å². The Morgan fingerprint density at radius 3 is 2.70 bits per heavy atom. The Morgan fingerprint density at radius 2 is 2.20 bits per heavy atom. The highest BCUT2D eigenvalue weighted by atomic mass is 32.2. The maximum atomic E-state index is 12.0. The van der Waals surface area contributed by atoms with Crippen LogP contribution in [0.15, 0.2) is 17.5 Å². The van der Waals surface area contributed by atoms with Crippen LogP contribution in [-0.4, -0.2) is 45.5 Å². The Morgan fingerprint density at radius 1 is 1.55 bits per heavy atom. The van der Waals surface area contributed by atoms with Crippen molar-refractivity contribution in [1.82, 2.24) is 4.90 Å². The van der Waals surface area contributed by atoms with Crippen molar-refractivity contribution in [3.63, 3.8) is 0 Å². The highest BCUT2D eigenvalue weighted by Gasteiger charge is 2.33. The summed E-state index contributed by atoms with van der Waals surface area (Å²) in [5.41, 5.74) is 5.62. The molecule has 5 nitrogen and oxygen atoms in total. The number of nitrogens with two attached hydrogens (primary N) is 1.